The Kier molecular flexibility index (Phi) is 5.33. The van der Waals surface area contributed by atoms with Gasteiger partial charge in [0.2, 0.25) is 0 Å². The summed E-state index contributed by atoms with van der Waals surface area (Å²) < 4.78 is 0. The van der Waals surface area contributed by atoms with Crippen LogP contribution in [0.3, 0.4) is 0 Å². The van der Waals surface area contributed by atoms with Crippen molar-refractivity contribution >= 4 is 18.6 Å². The number of carboxylic acid groups (broad SMARTS) is 1. The molecule has 0 amide bonds. The Morgan fingerprint density at radius 1 is 1.58 bits per heavy atom. The van der Waals surface area contributed by atoms with E-state index in [1.807, 2.05) is 20.8 Å². The van der Waals surface area contributed by atoms with Gasteiger partial charge in [-0.15, -0.1) is 0 Å². The van der Waals surface area contributed by atoms with Gasteiger partial charge in [0.1, 0.15) is 6.04 Å². The molecule has 2 N–H and O–H groups in total. The van der Waals surface area contributed by atoms with Crippen molar-refractivity contribution in [2.45, 2.75) is 38.6 Å². The summed E-state index contributed by atoms with van der Waals surface area (Å²) in [6, 6.07) is -0.484. The van der Waals surface area contributed by atoms with E-state index in [-0.39, 0.29) is 11.3 Å². The summed E-state index contributed by atoms with van der Waals surface area (Å²) in [5.41, 5.74) is 0. The first-order valence-corrected chi connectivity index (χ1v) is 4.67. The third kappa shape index (κ3) is 3.97. The van der Waals surface area contributed by atoms with E-state index in [9.17, 15) is 4.79 Å². The maximum Gasteiger partial charge on any atom is 0.321 e. The Hall–Kier alpha value is -0.220. The standard InChI is InChI=1S/C8H17NO2S/c1-4-5(2)7(8(10)11)9-6(3)12/h5-7,9,12H,4H2,1-3H3,(H,10,11)/t5-,6?,7-/m0/s1. The van der Waals surface area contributed by atoms with Crippen LogP contribution in [0.15, 0.2) is 0 Å². The molecule has 0 aliphatic rings. The lowest BCUT2D eigenvalue weighted by Crippen LogP contribution is -2.44. The minimum atomic E-state index is -0.801. The lowest BCUT2D eigenvalue weighted by molar-refractivity contribution is -0.140. The van der Waals surface area contributed by atoms with Crippen molar-refractivity contribution in [2.75, 3.05) is 0 Å². The third-order valence-electron chi connectivity index (χ3n) is 1.90. The molecule has 0 saturated heterocycles. The van der Waals surface area contributed by atoms with Crippen LogP contribution in [-0.4, -0.2) is 22.5 Å². The summed E-state index contributed by atoms with van der Waals surface area (Å²) in [6.45, 7) is 5.72. The van der Waals surface area contributed by atoms with Gasteiger partial charge in [-0.2, -0.15) is 12.6 Å². The molecule has 0 aliphatic heterocycles. The molecule has 0 saturated carbocycles. The van der Waals surface area contributed by atoms with E-state index in [2.05, 4.69) is 17.9 Å². The van der Waals surface area contributed by atoms with Crippen LogP contribution >= 0.6 is 12.6 Å². The Balaban J connectivity index is 4.13. The number of thiol groups is 1. The van der Waals surface area contributed by atoms with E-state index in [1.54, 1.807) is 0 Å². The molecule has 0 heterocycles. The SMILES string of the molecule is CC[C@H](C)[C@H](NC(C)S)C(=O)O. The van der Waals surface area contributed by atoms with Crippen LogP contribution in [-0.2, 0) is 4.79 Å². The number of nitrogens with one attached hydrogen (secondary N) is 1. The molecule has 0 spiro atoms. The molecule has 0 aromatic carbocycles. The van der Waals surface area contributed by atoms with Crippen LogP contribution in [0.4, 0.5) is 0 Å². The zero-order valence-corrected chi connectivity index (χ0v) is 8.64. The first-order chi connectivity index (χ1) is 5.49. The van der Waals surface area contributed by atoms with Gasteiger partial charge in [0.05, 0.1) is 0 Å². The van der Waals surface area contributed by atoms with Crippen LogP contribution < -0.4 is 5.32 Å². The largest absolute Gasteiger partial charge is 0.480 e. The Bertz CT molecular complexity index is 150. The zero-order valence-electron chi connectivity index (χ0n) is 7.74. The average molecular weight is 191 g/mol. The van der Waals surface area contributed by atoms with E-state index in [4.69, 9.17) is 5.11 Å². The van der Waals surface area contributed by atoms with Gasteiger partial charge in [-0.1, -0.05) is 20.3 Å². The molecule has 4 heteroatoms. The molecule has 12 heavy (non-hydrogen) atoms. The number of carbonyl (C=O) groups is 1. The number of rotatable bonds is 5. The zero-order chi connectivity index (χ0) is 9.72. The fraction of sp³-hybridized carbons (Fsp3) is 0.875. The summed E-state index contributed by atoms with van der Waals surface area (Å²) in [5.74, 6) is -0.664. The van der Waals surface area contributed by atoms with Crippen molar-refractivity contribution in [3.8, 4) is 0 Å². The number of aliphatic carboxylic acids is 1. The topological polar surface area (TPSA) is 49.3 Å². The first kappa shape index (κ1) is 11.8. The number of carboxylic acids is 1. The second kappa shape index (κ2) is 5.43. The highest BCUT2D eigenvalue weighted by Gasteiger charge is 2.23. The van der Waals surface area contributed by atoms with Gasteiger partial charge in [0.25, 0.3) is 0 Å². The molecule has 3 nitrogen and oxygen atoms in total. The fourth-order valence-electron chi connectivity index (χ4n) is 0.975. The highest BCUT2D eigenvalue weighted by molar-refractivity contribution is 7.80. The molecule has 0 fully saturated rings. The monoisotopic (exact) mass is 191 g/mol. The highest BCUT2D eigenvalue weighted by Crippen LogP contribution is 2.09. The number of hydrogen-bond acceptors (Lipinski definition) is 3. The van der Waals surface area contributed by atoms with Crippen LogP contribution in [0.1, 0.15) is 27.2 Å². The van der Waals surface area contributed by atoms with E-state index in [1.165, 1.54) is 0 Å². The van der Waals surface area contributed by atoms with E-state index >= 15 is 0 Å². The summed E-state index contributed by atoms with van der Waals surface area (Å²) in [6.07, 6.45) is 0.852. The van der Waals surface area contributed by atoms with Crippen molar-refractivity contribution in [3.63, 3.8) is 0 Å². The quantitative estimate of drug-likeness (QED) is 0.454. The highest BCUT2D eigenvalue weighted by atomic mass is 32.1. The maximum atomic E-state index is 10.7. The predicted molar refractivity (Wildman–Crippen MR) is 52.5 cm³/mol. The summed E-state index contributed by atoms with van der Waals surface area (Å²) in [7, 11) is 0. The van der Waals surface area contributed by atoms with E-state index in [0.717, 1.165) is 6.42 Å². The molecule has 1 unspecified atom stereocenters. The van der Waals surface area contributed by atoms with Crippen LogP contribution in [0.2, 0.25) is 0 Å². The van der Waals surface area contributed by atoms with Crippen LogP contribution in [0.25, 0.3) is 0 Å². The first-order valence-electron chi connectivity index (χ1n) is 4.16. The van der Waals surface area contributed by atoms with Gasteiger partial charge in [-0.3, -0.25) is 10.1 Å². The Morgan fingerprint density at radius 2 is 2.08 bits per heavy atom. The lowest BCUT2D eigenvalue weighted by Gasteiger charge is -2.21. The van der Waals surface area contributed by atoms with Gasteiger partial charge in [0, 0.05) is 5.37 Å². The van der Waals surface area contributed by atoms with E-state index in [0.29, 0.717) is 0 Å². The third-order valence-corrected chi connectivity index (χ3v) is 2.05. The van der Waals surface area contributed by atoms with Crippen molar-refractivity contribution in [3.05, 3.63) is 0 Å². The molecule has 0 aromatic heterocycles. The Morgan fingerprint density at radius 3 is 2.33 bits per heavy atom. The van der Waals surface area contributed by atoms with Gasteiger partial charge < -0.3 is 5.11 Å². The second-order valence-electron chi connectivity index (χ2n) is 3.04. The molecule has 0 aromatic rings. The summed E-state index contributed by atoms with van der Waals surface area (Å²) in [5, 5.41) is 11.6. The maximum absolute atomic E-state index is 10.7. The molecule has 3 atom stereocenters. The van der Waals surface area contributed by atoms with Crippen molar-refractivity contribution in [1.82, 2.24) is 5.32 Å². The molecule has 72 valence electrons. The molecule has 0 radical (unpaired) electrons. The molecule has 0 aliphatic carbocycles. The van der Waals surface area contributed by atoms with Crippen molar-refractivity contribution < 1.29 is 9.90 Å². The van der Waals surface area contributed by atoms with Gasteiger partial charge in [-0.05, 0) is 12.8 Å². The van der Waals surface area contributed by atoms with E-state index < -0.39 is 12.0 Å². The predicted octanol–water partition coefficient (Wildman–Crippen LogP) is 1.35. The molecule has 0 rings (SSSR count). The van der Waals surface area contributed by atoms with Gasteiger partial charge in [0.15, 0.2) is 0 Å². The van der Waals surface area contributed by atoms with Crippen LogP contribution in [0, 0.1) is 5.92 Å². The average Bonchev–Trinajstić information content (AvgIpc) is 1.98. The minimum absolute atomic E-state index is 0.0832. The minimum Gasteiger partial charge on any atom is -0.480 e. The summed E-state index contributed by atoms with van der Waals surface area (Å²) >= 11 is 4.09. The molecular weight excluding hydrogens is 174 g/mol. The van der Waals surface area contributed by atoms with Crippen molar-refractivity contribution in [2.24, 2.45) is 5.92 Å². The smallest absolute Gasteiger partial charge is 0.321 e. The normalized spacial score (nSPS) is 18.3. The fourth-order valence-corrected chi connectivity index (χ4v) is 1.14. The second-order valence-corrected chi connectivity index (χ2v) is 3.82. The van der Waals surface area contributed by atoms with Crippen LogP contribution in [0.5, 0.6) is 0 Å². The Labute approximate surface area is 79.0 Å². The van der Waals surface area contributed by atoms with Gasteiger partial charge in [-0.25, -0.2) is 0 Å². The van der Waals surface area contributed by atoms with Crippen molar-refractivity contribution in [1.29, 1.82) is 0 Å². The van der Waals surface area contributed by atoms with Gasteiger partial charge >= 0.3 is 5.97 Å². The lowest BCUT2D eigenvalue weighted by atomic mass is 9.99. The molecular formula is C8H17NO2S. The summed E-state index contributed by atoms with van der Waals surface area (Å²) in [4.78, 5) is 10.7. The number of hydrogen-bond donors (Lipinski definition) is 3. The molecule has 0 bridgehead atoms.